The number of rotatable bonds is 7. The lowest BCUT2D eigenvalue weighted by molar-refractivity contribution is 0.213. The molecule has 0 amide bonds. The van der Waals surface area contributed by atoms with Crippen LogP contribution in [0.15, 0.2) is 59.8 Å². The van der Waals surface area contributed by atoms with Gasteiger partial charge in [0.1, 0.15) is 5.82 Å². The summed E-state index contributed by atoms with van der Waals surface area (Å²) >= 11 is 1.79. The molecular formula is C23H28N4S. The van der Waals surface area contributed by atoms with Crippen molar-refractivity contribution in [3.05, 3.63) is 77.1 Å². The molecule has 0 atom stereocenters. The Balaban J connectivity index is 1.55. The minimum Gasteiger partial charge on any atom is -0.300 e. The van der Waals surface area contributed by atoms with E-state index >= 15 is 0 Å². The highest BCUT2D eigenvalue weighted by molar-refractivity contribution is 7.98. The van der Waals surface area contributed by atoms with Gasteiger partial charge in [0.15, 0.2) is 5.16 Å². The van der Waals surface area contributed by atoms with E-state index in [2.05, 4.69) is 81.2 Å². The molecule has 146 valence electrons. The van der Waals surface area contributed by atoms with Crippen LogP contribution in [0.5, 0.6) is 0 Å². The fourth-order valence-electron chi connectivity index (χ4n) is 3.70. The number of aryl methyl sites for hydroxylation is 1. The number of hydrogen-bond acceptors (Lipinski definition) is 4. The van der Waals surface area contributed by atoms with E-state index < -0.39 is 0 Å². The van der Waals surface area contributed by atoms with Crippen LogP contribution in [0, 0.1) is 6.92 Å². The van der Waals surface area contributed by atoms with E-state index in [9.17, 15) is 0 Å². The van der Waals surface area contributed by atoms with Crippen LogP contribution in [-0.4, -0.2) is 32.8 Å². The van der Waals surface area contributed by atoms with Crippen molar-refractivity contribution in [2.75, 3.05) is 13.1 Å². The van der Waals surface area contributed by atoms with Crippen LogP contribution < -0.4 is 0 Å². The van der Waals surface area contributed by atoms with Crippen molar-refractivity contribution < 1.29 is 0 Å². The standard InChI is InChI=1S/C23H28N4S/c1-19-10-6-7-13-21(19)18-28-23-25-24-22(17-26-14-8-3-9-15-26)27(23)16-20-11-4-2-5-12-20/h2,4-7,10-13H,3,8-9,14-18H2,1H3. The summed E-state index contributed by atoms with van der Waals surface area (Å²) in [6.45, 7) is 6.23. The van der Waals surface area contributed by atoms with Crippen molar-refractivity contribution >= 4 is 11.8 Å². The summed E-state index contributed by atoms with van der Waals surface area (Å²) in [4.78, 5) is 2.52. The van der Waals surface area contributed by atoms with Crippen molar-refractivity contribution in [2.24, 2.45) is 0 Å². The zero-order valence-corrected chi connectivity index (χ0v) is 17.4. The van der Waals surface area contributed by atoms with Gasteiger partial charge in [-0.1, -0.05) is 72.8 Å². The molecule has 1 aliphatic heterocycles. The first-order valence-corrected chi connectivity index (χ1v) is 11.1. The van der Waals surface area contributed by atoms with Gasteiger partial charge in [-0.05, 0) is 49.5 Å². The molecule has 3 aromatic rings. The molecule has 0 N–H and O–H groups in total. The Morgan fingerprint density at radius 2 is 1.61 bits per heavy atom. The molecule has 5 heteroatoms. The smallest absolute Gasteiger partial charge is 0.191 e. The van der Waals surface area contributed by atoms with Gasteiger partial charge < -0.3 is 4.57 Å². The van der Waals surface area contributed by atoms with Crippen LogP contribution in [0.2, 0.25) is 0 Å². The fourth-order valence-corrected chi connectivity index (χ4v) is 4.73. The van der Waals surface area contributed by atoms with Gasteiger partial charge in [-0.3, -0.25) is 4.90 Å². The Bertz CT molecular complexity index is 885. The molecule has 1 saturated heterocycles. The summed E-state index contributed by atoms with van der Waals surface area (Å²) < 4.78 is 2.31. The van der Waals surface area contributed by atoms with E-state index in [0.29, 0.717) is 0 Å². The van der Waals surface area contributed by atoms with Crippen molar-refractivity contribution in [1.82, 2.24) is 19.7 Å². The van der Waals surface area contributed by atoms with Gasteiger partial charge in [0.2, 0.25) is 0 Å². The normalized spacial score (nSPS) is 15.0. The van der Waals surface area contributed by atoms with Gasteiger partial charge in [-0.15, -0.1) is 10.2 Å². The second-order valence-electron chi connectivity index (χ2n) is 7.52. The minimum absolute atomic E-state index is 0.827. The molecule has 0 unspecified atom stereocenters. The molecule has 1 fully saturated rings. The molecule has 4 rings (SSSR count). The molecule has 1 aliphatic rings. The third-order valence-corrected chi connectivity index (χ3v) is 6.42. The molecule has 28 heavy (non-hydrogen) atoms. The Kier molecular flexibility index (Phi) is 6.45. The first-order chi connectivity index (χ1) is 13.8. The summed E-state index contributed by atoms with van der Waals surface area (Å²) in [7, 11) is 0. The van der Waals surface area contributed by atoms with E-state index in [0.717, 1.165) is 29.8 Å². The van der Waals surface area contributed by atoms with Crippen molar-refractivity contribution in [3.8, 4) is 0 Å². The Hall–Kier alpha value is -2.11. The third kappa shape index (κ3) is 4.83. The molecule has 1 aromatic heterocycles. The largest absolute Gasteiger partial charge is 0.300 e. The Morgan fingerprint density at radius 1 is 0.857 bits per heavy atom. The van der Waals surface area contributed by atoms with Crippen molar-refractivity contribution in [1.29, 1.82) is 0 Å². The molecule has 4 nitrogen and oxygen atoms in total. The first kappa shape index (κ1) is 19.2. The second kappa shape index (κ2) is 9.39. The highest BCUT2D eigenvalue weighted by Crippen LogP contribution is 2.25. The van der Waals surface area contributed by atoms with Gasteiger partial charge in [-0.25, -0.2) is 0 Å². The monoisotopic (exact) mass is 392 g/mol. The van der Waals surface area contributed by atoms with E-state index in [4.69, 9.17) is 0 Å². The summed E-state index contributed by atoms with van der Waals surface area (Å²) in [6, 6.07) is 19.2. The average molecular weight is 393 g/mol. The maximum Gasteiger partial charge on any atom is 0.191 e. The molecule has 0 spiro atoms. The van der Waals surface area contributed by atoms with E-state index in [1.807, 2.05) is 0 Å². The topological polar surface area (TPSA) is 34.0 Å². The highest BCUT2D eigenvalue weighted by Gasteiger charge is 2.18. The lowest BCUT2D eigenvalue weighted by Gasteiger charge is -2.26. The van der Waals surface area contributed by atoms with Gasteiger partial charge in [0, 0.05) is 5.75 Å². The minimum atomic E-state index is 0.827. The molecule has 2 aromatic carbocycles. The van der Waals surface area contributed by atoms with Gasteiger partial charge in [0.05, 0.1) is 13.1 Å². The first-order valence-electron chi connectivity index (χ1n) is 10.2. The number of hydrogen-bond donors (Lipinski definition) is 0. The lowest BCUT2D eigenvalue weighted by Crippen LogP contribution is -2.30. The maximum absolute atomic E-state index is 4.59. The maximum atomic E-state index is 4.59. The molecule has 0 saturated carbocycles. The third-order valence-electron chi connectivity index (χ3n) is 5.41. The van der Waals surface area contributed by atoms with Gasteiger partial charge in [0.25, 0.3) is 0 Å². The average Bonchev–Trinajstić information content (AvgIpc) is 3.10. The summed E-state index contributed by atoms with van der Waals surface area (Å²) in [6.07, 6.45) is 3.94. The van der Waals surface area contributed by atoms with Gasteiger partial charge in [-0.2, -0.15) is 0 Å². The molecular weight excluding hydrogens is 364 g/mol. The van der Waals surface area contributed by atoms with Gasteiger partial charge >= 0.3 is 0 Å². The SMILES string of the molecule is Cc1ccccc1CSc1nnc(CN2CCCCC2)n1Cc1ccccc1. The van der Waals surface area contributed by atoms with E-state index in [1.165, 1.54) is 49.0 Å². The number of nitrogens with zero attached hydrogens (tertiary/aromatic N) is 4. The second-order valence-corrected chi connectivity index (χ2v) is 8.47. The van der Waals surface area contributed by atoms with Crippen molar-refractivity contribution in [3.63, 3.8) is 0 Å². The van der Waals surface area contributed by atoms with Crippen LogP contribution in [0.4, 0.5) is 0 Å². The summed E-state index contributed by atoms with van der Waals surface area (Å²) in [5.74, 6) is 2.00. The zero-order chi connectivity index (χ0) is 19.2. The predicted octanol–water partition coefficient (Wildman–Crippen LogP) is 4.91. The van der Waals surface area contributed by atoms with Crippen LogP contribution >= 0.6 is 11.8 Å². The van der Waals surface area contributed by atoms with Crippen molar-refractivity contribution in [2.45, 2.75) is 50.2 Å². The zero-order valence-electron chi connectivity index (χ0n) is 16.6. The number of thioether (sulfide) groups is 1. The predicted molar refractivity (Wildman–Crippen MR) is 115 cm³/mol. The highest BCUT2D eigenvalue weighted by atomic mass is 32.2. The number of likely N-dealkylation sites (tertiary alicyclic amines) is 1. The number of benzene rings is 2. The van der Waals surface area contributed by atoms with Crippen LogP contribution in [0.1, 0.15) is 41.8 Å². The Morgan fingerprint density at radius 3 is 2.39 bits per heavy atom. The summed E-state index contributed by atoms with van der Waals surface area (Å²) in [5.41, 5.74) is 3.98. The number of aromatic nitrogens is 3. The molecule has 2 heterocycles. The van der Waals surface area contributed by atoms with Crippen LogP contribution in [-0.2, 0) is 18.8 Å². The molecule has 0 aliphatic carbocycles. The van der Waals surface area contributed by atoms with E-state index in [-0.39, 0.29) is 0 Å². The Labute approximate surface area is 172 Å². The van der Waals surface area contributed by atoms with E-state index in [1.54, 1.807) is 11.8 Å². The number of piperidine rings is 1. The molecule has 0 bridgehead atoms. The fraction of sp³-hybridized carbons (Fsp3) is 0.391. The van der Waals surface area contributed by atoms with Crippen LogP contribution in [0.3, 0.4) is 0 Å². The quantitative estimate of drug-likeness (QED) is 0.535. The summed E-state index contributed by atoms with van der Waals surface area (Å²) in [5, 5.41) is 10.2. The lowest BCUT2D eigenvalue weighted by atomic mass is 10.1. The van der Waals surface area contributed by atoms with Crippen LogP contribution in [0.25, 0.3) is 0 Å². The molecule has 0 radical (unpaired) electrons.